The van der Waals surface area contributed by atoms with Crippen LogP contribution in [0, 0.1) is 11.3 Å². The van der Waals surface area contributed by atoms with Crippen LogP contribution >= 0.6 is 0 Å². The number of carboxylic acid groups (broad SMARTS) is 1. The molecule has 1 saturated carbocycles. The topological polar surface area (TPSA) is 63.6 Å². The van der Waals surface area contributed by atoms with Gasteiger partial charge in [-0.05, 0) is 19.3 Å². The lowest BCUT2D eigenvalue weighted by Gasteiger charge is -2.09. The molecular weight excluding hydrogens is 172 g/mol. The third-order valence-electron chi connectivity index (χ3n) is 2.62. The monoisotopic (exact) mass is 186 g/mol. The Morgan fingerprint density at radius 2 is 2.15 bits per heavy atom. The van der Waals surface area contributed by atoms with E-state index in [-0.39, 0.29) is 12.5 Å². The highest BCUT2D eigenvalue weighted by Gasteiger charge is 2.66. The predicted octanol–water partition coefficient (Wildman–Crippen LogP) is 1.05. The number of rotatable bonds is 4. The first kappa shape index (κ1) is 10.0. The average Bonchev–Trinajstić information content (AvgIpc) is 2.79. The van der Waals surface area contributed by atoms with Crippen LogP contribution in [0.4, 0.5) is 0 Å². The van der Waals surface area contributed by atoms with E-state index in [1.165, 1.54) is 0 Å². The van der Waals surface area contributed by atoms with Crippen molar-refractivity contribution in [2.24, 2.45) is 11.3 Å². The maximum Gasteiger partial charge on any atom is 0.323 e. The molecule has 2 unspecified atom stereocenters. The van der Waals surface area contributed by atoms with Gasteiger partial charge in [-0.1, -0.05) is 13.3 Å². The van der Waals surface area contributed by atoms with Gasteiger partial charge in [-0.3, -0.25) is 9.59 Å². The molecule has 0 amide bonds. The summed E-state index contributed by atoms with van der Waals surface area (Å²) in [7, 11) is 0. The smallest absolute Gasteiger partial charge is 0.323 e. The summed E-state index contributed by atoms with van der Waals surface area (Å²) < 4.78 is 4.74. The number of ether oxygens (including phenoxy) is 1. The number of esters is 1. The van der Waals surface area contributed by atoms with Crippen LogP contribution in [-0.2, 0) is 14.3 Å². The lowest BCUT2D eigenvalue weighted by Crippen LogP contribution is -2.29. The van der Waals surface area contributed by atoms with Crippen LogP contribution in [-0.4, -0.2) is 23.7 Å². The van der Waals surface area contributed by atoms with Crippen LogP contribution in [0.5, 0.6) is 0 Å². The van der Waals surface area contributed by atoms with Crippen molar-refractivity contribution < 1.29 is 19.4 Å². The molecule has 4 nitrogen and oxygen atoms in total. The summed E-state index contributed by atoms with van der Waals surface area (Å²) in [5.41, 5.74) is -1.22. The van der Waals surface area contributed by atoms with Gasteiger partial charge in [0.25, 0.3) is 0 Å². The van der Waals surface area contributed by atoms with Crippen LogP contribution in [0.3, 0.4) is 0 Å². The second-order valence-electron chi connectivity index (χ2n) is 3.31. The Hall–Kier alpha value is -1.06. The Morgan fingerprint density at radius 3 is 2.46 bits per heavy atom. The molecule has 74 valence electrons. The SMILES string of the molecule is CCOC(=O)C1(C(=O)O)CC1CC. The van der Waals surface area contributed by atoms with E-state index in [1.807, 2.05) is 6.92 Å². The highest BCUT2D eigenvalue weighted by atomic mass is 16.5. The zero-order valence-electron chi connectivity index (χ0n) is 7.87. The van der Waals surface area contributed by atoms with Crippen molar-refractivity contribution in [3.63, 3.8) is 0 Å². The summed E-state index contributed by atoms with van der Waals surface area (Å²) in [5.74, 6) is -1.66. The van der Waals surface area contributed by atoms with E-state index in [1.54, 1.807) is 6.92 Å². The Balaban J connectivity index is 2.72. The fourth-order valence-electron chi connectivity index (χ4n) is 1.68. The van der Waals surface area contributed by atoms with E-state index in [9.17, 15) is 9.59 Å². The van der Waals surface area contributed by atoms with Crippen LogP contribution in [0.15, 0.2) is 0 Å². The van der Waals surface area contributed by atoms with E-state index in [2.05, 4.69) is 0 Å². The predicted molar refractivity (Wildman–Crippen MR) is 45.1 cm³/mol. The summed E-state index contributed by atoms with van der Waals surface area (Å²) in [6.45, 7) is 3.80. The third-order valence-corrected chi connectivity index (χ3v) is 2.62. The number of carboxylic acids is 1. The van der Waals surface area contributed by atoms with Crippen molar-refractivity contribution in [1.82, 2.24) is 0 Å². The molecule has 0 radical (unpaired) electrons. The van der Waals surface area contributed by atoms with Crippen molar-refractivity contribution >= 4 is 11.9 Å². The zero-order chi connectivity index (χ0) is 10.1. The van der Waals surface area contributed by atoms with E-state index in [4.69, 9.17) is 9.84 Å². The first-order valence-corrected chi connectivity index (χ1v) is 4.50. The van der Waals surface area contributed by atoms with Gasteiger partial charge in [0.1, 0.15) is 0 Å². The van der Waals surface area contributed by atoms with Gasteiger partial charge in [0, 0.05) is 0 Å². The molecule has 0 aromatic carbocycles. The molecule has 1 rings (SSSR count). The van der Waals surface area contributed by atoms with E-state index in [0.717, 1.165) is 0 Å². The van der Waals surface area contributed by atoms with Crippen LogP contribution in [0.25, 0.3) is 0 Å². The number of carbonyl (C=O) groups is 2. The molecule has 2 atom stereocenters. The minimum Gasteiger partial charge on any atom is -0.480 e. The second kappa shape index (κ2) is 3.36. The van der Waals surface area contributed by atoms with Gasteiger partial charge >= 0.3 is 11.9 Å². The number of carbonyl (C=O) groups excluding carboxylic acids is 1. The lowest BCUT2D eigenvalue weighted by atomic mass is 10.0. The minimum atomic E-state index is -1.22. The molecule has 0 aromatic heterocycles. The molecule has 13 heavy (non-hydrogen) atoms. The van der Waals surface area contributed by atoms with Crippen molar-refractivity contribution in [2.75, 3.05) is 6.61 Å². The largest absolute Gasteiger partial charge is 0.480 e. The van der Waals surface area contributed by atoms with Crippen molar-refractivity contribution in [1.29, 1.82) is 0 Å². The minimum absolute atomic E-state index is 0.0379. The number of hydrogen-bond donors (Lipinski definition) is 1. The standard InChI is InChI=1S/C9H14O4/c1-3-6-5-9(6,7(10)11)8(12)13-4-2/h6H,3-5H2,1-2H3,(H,10,11). The molecule has 0 spiro atoms. The van der Waals surface area contributed by atoms with E-state index in [0.29, 0.717) is 12.8 Å². The molecule has 1 fully saturated rings. The Kier molecular flexibility index (Phi) is 2.59. The van der Waals surface area contributed by atoms with Gasteiger partial charge in [-0.25, -0.2) is 0 Å². The molecule has 0 saturated heterocycles. The number of hydrogen-bond acceptors (Lipinski definition) is 3. The quantitative estimate of drug-likeness (QED) is 0.526. The van der Waals surface area contributed by atoms with Gasteiger partial charge < -0.3 is 9.84 Å². The summed E-state index contributed by atoms with van der Waals surface area (Å²) in [4.78, 5) is 22.2. The van der Waals surface area contributed by atoms with Crippen LogP contribution in [0.1, 0.15) is 26.7 Å². The third kappa shape index (κ3) is 1.41. The van der Waals surface area contributed by atoms with Crippen LogP contribution in [0.2, 0.25) is 0 Å². The molecule has 4 heteroatoms. The maximum atomic E-state index is 11.3. The summed E-state index contributed by atoms with van der Waals surface area (Å²) in [6.07, 6.45) is 1.14. The van der Waals surface area contributed by atoms with Gasteiger partial charge in [0.2, 0.25) is 0 Å². The Morgan fingerprint density at radius 1 is 1.54 bits per heavy atom. The van der Waals surface area contributed by atoms with Crippen molar-refractivity contribution in [3.05, 3.63) is 0 Å². The molecule has 1 aliphatic carbocycles. The molecule has 0 aromatic rings. The first-order chi connectivity index (χ1) is 6.09. The summed E-state index contributed by atoms with van der Waals surface area (Å²) in [5, 5.41) is 8.90. The summed E-state index contributed by atoms with van der Waals surface area (Å²) in [6, 6.07) is 0. The van der Waals surface area contributed by atoms with E-state index < -0.39 is 17.4 Å². The van der Waals surface area contributed by atoms with Gasteiger partial charge in [0.15, 0.2) is 5.41 Å². The molecule has 0 heterocycles. The average molecular weight is 186 g/mol. The number of aliphatic carboxylic acids is 1. The highest BCUT2D eigenvalue weighted by Crippen LogP contribution is 2.55. The first-order valence-electron chi connectivity index (χ1n) is 4.50. The molecule has 0 aliphatic heterocycles. The molecular formula is C9H14O4. The fraction of sp³-hybridized carbons (Fsp3) is 0.778. The van der Waals surface area contributed by atoms with Gasteiger partial charge in [0.05, 0.1) is 6.61 Å². The van der Waals surface area contributed by atoms with Crippen molar-refractivity contribution in [3.8, 4) is 0 Å². The second-order valence-corrected chi connectivity index (χ2v) is 3.31. The molecule has 0 bridgehead atoms. The van der Waals surface area contributed by atoms with E-state index >= 15 is 0 Å². The van der Waals surface area contributed by atoms with Crippen molar-refractivity contribution in [2.45, 2.75) is 26.7 Å². The zero-order valence-corrected chi connectivity index (χ0v) is 7.87. The van der Waals surface area contributed by atoms with Crippen LogP contribution < -0.4 is 0 Å². The molecule has 1 N–H and O–H groups in total. The molecule has 1 aliphatic rings. The Bertz CT molecular complexity index is 236. The Labute approximate surface area is 76.9 Å². The van der Waals surface area contributed by atoms with Gasteiger partial charge in [-0.15, -0.1) is 0 Å². The van der Waals surface area contributed by atoms with Gasteiger partial charge in [-0.2, -0.15) is 0 Å². The highest BCUT2D eigenvalue weighted by molar-refractivity contribution is 6.02. The fourth-order valence-corrected chi connectivity index (χ4v) is 1.68. The maximum absolute atomic E-state index is 11.3. The normalized spacial score (nSPS) is 31.1. The lowest BCUT2D eigenvalue weighted by molar-refractivity contribution is -0.161. The summed E-state index contributed by atoms with van der Waals surface area (Å²) >= 11 is 0.